The Bertz CT molecular complexity index is 1310. The number of carbonyl (C=O) groups excluding carboxylic acids is 1. The van der Waals surface area contributed by atoms with Gasteiger partial charge in [0.25, 0.3) is 0 Å². The van der Waals surface area contributed by atoms with E-state index in [-0.39, 0.29) is 36.0 Å². The molecule has 9 heteroatoms. The van der Waals surface area contributed by atoms with Gasteiger partial charge in [-0.25, -0.2) is 4.98 Å². The second kappa shape index (κ2) is 9.37. The molecule has 1 aromatic heterocycles. The van der Waals surface area contributed by atoms with Crippen LogP contribution in [0.4, 0.5) is 13.2 Å². The third kappa shape index (κ3) is 4.45. The Labute approximate surface area is 206 Å². The van der Waals surface area contributed by atoms with Gasteiger partial charge in [-0.15, -0.1) is 0 Å². The lowest BCUT2D eigenvalue weighted by atomic mass is 9.97. The fraction of sp³-hybridized carbons (Fsp3) is 0.333. The first-order chi connectivity index (χ1) is 17.3. The summed E-state index contributed by atoms with van der Waals surface area (Å²) in [6.45, 7) is 0.387. The van der Waals surface area contributed by atoms with Gasteiger partial charge in [-0.3, -0.25) is 4.79 Å². The summed E-state index contributed by atoms with van der Waals surface area (Å²) in [7, 11) is 2.73. The molecule has 6 nitrogen and oxygen atoms in total. The molecule has 2 aromatic carbocycles. The van der Waals surface area contributed by atoms with Crippen molar-refractivity contribution in [2.45, 2.75) is 37.5 Å². The third-order valence-electron chi connectivity index (χ3n) is 6.64. The highest BCUT2D eigenvalue weighted by Gasteiger charge is 2.37. The number of benzene rings is 2. The van der Waals surface area contributed by atoms with Crippen LogP contribution in [-0.2, 0) is 22.1 Å². The summed E-state index contributed by atoms with van der Waals surface area (Å²) in [6.07, 6.45) is -3.48. The van der Waals surface area contributed by atoms with Gasteiger partial charge in [0.05, 0.1) is 38.5 Å². The number of hydrogen-bond donors (Lipinski definition) is 0. The molecule has 2 atom stereocenters. The van der Waals surface area contributed by atoms with Gasteiger partial charge in [0.15, 0.2) is 0 Å². The summed E-state index contributed by atoms with van der Waals surface area (Å²) in [5.74, 6) is 0.990. The maximum Gasteiger partial charge on any atom is 0.418 e. The van der Waals surface area contributed by atoms with Crippen molar-refractivity contribution in [3.8, 4) is 28.6 Å². The Kier molecular flexibility index (Phi) is 6.24. The van der Waals surface area contributed by atoms with Crippen LogP contribution >= 0.6 is 0 Å². The number of fused-ring (bicyclic) bond motifs is 2. The van der Waals surface area contributed by atoms with E-state index in [0.29, 0.717) is 36.5 Å². The number of rotatable bonds is 6. The van der Waals surface area contributed by atoms with Crippen molar-refractivity contribution in [1.82, 2.24) is 4.98 Å². The van der Waals surface area contributed by atoms with Crippen LogP contribution in [-0.4, -0.2) is 31.8 Å². The number of pyridine rings is 1. The minimum Gasteiger partial charge on any atom is -0.492 e. The van der Waals surface area contributed by atoms with Crippen LogP contribution < -0.4 is 14.2 Å². The lowest BCUT2D eigenvalue weighted by molar-refractivity contribution is -0.141. The number of carbonyl (C=O) groups is 1. The van der Waals surface area contributed by atoms with Crippen molar-refractivity contribution in [2.75, 3.05) is 20.8 Å². The topological polar surface area (TPSA) is 66.9 Å². The summed E-state index contributed by atoms with van der Waals surface area (Å²) >= 11 is 0. The number of methoxy groups -OCH3 is 2. The van der Waals surface area contributed by atoms with Crippen molar-refractivity contribution < 1.29 is 36.9 Å². The fourth-order valence-electron chi connectivity index (χ4n) is 4.90. The van der Waals surface area contributed by atoms with Crippen molar-refractivity contribution in [1.29, 1.82) is 0 Å². The van der Waals surface area contributed by atoms with Crippen LogP contribution in [0.3, 0.4) is 0 Å². The molecule has 2 heterocycles. The van der Waals surface area contributed by atoms with Crippen LogP contribution in [0.15, 0.2) is 48.5 Å². The van der Waals surface area contributed by atoms with Crippen LogP contribution in [0.1, 0.15) is 47.1 Å². The van der Waals surface area contributed by atoms with Crippen molar-refractivity contribution in [3.05, 3.63) is 70.8 Å². The molecule has 0 saturated heterocycles. The van der Waals surface area contributed by atoms with Gasteiger partial charge >= 0.3 is 12.1 Å². The van der Waals surface area contributed by atoms with Gasteiger partial charge in [0, 0.05) is 29.2 Å². The zero-order valence-electron chi connectivity index (χ0n) is 19.7. The van der Waals surface area contributed by atoms with Gasteiger partial charge in [0.1, 0.15) is 17.6 Å². The molecule has 36 heavy (non-hydrogen) atoms. The van der Waals surface area contributed by atoms with Crippen LogP contribution in [0.25, 0.3) is 11.3 Å². The zero-order valence-corrected chi connectivity index (χ0v) is 19.7. The summed E-state index contributed by atoms with van der Waals surface area (Å²) in [5.41, 5.74) is 2.00. The number of halogens is 3. The van der Waals surface area contributed by atoms with E-state index < -0.39 is 11.7 Å². The highest BCUT2D eigenvalue weighted by Crippen LogP contribution is 2.45. The maximum absolute atomic E-state index is 13.8. The lowest BCUT2D eigenvalue weighted by Crippen LogP contribution is -2.10. The van der Waals surface area contributed by atoms with Crippen molar-refractivity contribution in [2.24, 2.45) is 0 Å². The predicted octanol–water partition coefficient (Wildman–Crippen LogP) is 5.88. The average molecular weight is 499 g/mol. The number of nitrogens with zero attached hydrogens (tertiary/aromatic N) is 1. The van der Waals surface area contributed by atoms with Crippen LogP contribution in [0, 0.1) is 0 Å². The first kappa shape index (κ1) is 24.0. The van der Waals surface area contributed by atoms with Gasteiger partial charge in [0.2, 0.25) is 5.88 Å². The molecule has 5 rings (SSSR count). The fourth-order valence-corrected chi connectivity index (χ4v) is 4.90. The second-order valence-corrected chi connectivity index (χ2v) is 8.75. The predicted molar refractivity (Wildman–Crippen MR) is 124 cm³/mol. The van der Waals surface area contributed by atoms with Gasteiger partial charge in [-0.2, -0.15) is 13.2 Å². The lowest BCUT2D eigenvalue weighted by Gasteiger charge is -2.18. The maximum atomic E-state index is 13.8. The molecule has 1 aliphatic heterocycles. The summed E-state index contributed by atoms with van der Waals surface area (Å²) in [4.78, 5) is 15.8. The monoisotopic (exact) mass is 499 g/mol. The molecule has 0 N–H and O–H groups in total. The third-order valence-corrected chi connectivity index (χ3v) is 6.64. The number of hydrogen-bond acceptors (Lipinski definition) is 6. The molecule has 0 spiro atoms. The number of esters is 1. The van der Waals surface area contributed by atoms with E-state index in [9.17, 15) is 18.0 Å². The summed E-state index contributed by atoms with van der Waals surface area (Å²) in [6, 6.07) is 13.0. The molecule has 2 aliphatic rings. The first-order valence-electron chi connectivity index (χ1n) is 11.5. The minimum absolute atomic E-state index is 0.0746. The molecule has 0 saturated carbocycles. The largest absolute Gasteiger partial charge is 0.492 e. The SMILES string of the molecule is COC(=O)CC1COc2cc(O[C@@H]3CCc4c(-c5nc(OC)ccc5C(F)(F)F)cccc43)ccc21. The molecule has 3 aromatic rings. The summed E-state index contributed by atoms with van der Waals surface area (Å²) in [5, 5.41) is 0. The van der Waals surface area contributed by atoms with E-state index in [4.69, 9.17) is 18.9 Å². The zero-order chi connectivity index (χ0) is 25.4. The van der Waals surface area contributed by atoms with E-state index in [1.165, 1.54) is 20.3 Å². The van der Waals surface area contributed by atoms with Gasteiger partial charge < -0.3 is 18.9 Å². The van der Waals surface area contributed by atoms with E-state index in [1.807, 2.05) is 18.2 Å². The molecule has 0 radical (unpaired) electrons. The Morgan fingerprint density at radius 1 is 1.11 bits per heavy atom. The minimum atomic E-state index is -4.55. The van der Waals surface area contributed by atoms with Gasteiger partial charge in [-0.05, 0) is 36.1 Å². The standard InChI is InChI=1S/C27H24F3NO5/c1-33-24-11-9-21(27(28,29)30)26(31-24)20-5-3-4-19-18(20)8-10-22(19)36-16-6-7-17-15(12-25(32)34-2)14-35-23(17)13-16/h3-7,9,11,13,15,22H,8,10,12,14H2,1-2H3/t15?,22-/m1/s1. The second-order valence-electron chi connectivity index (χ2n) is 8.75. The summed E-state index contributed by atoms with van der Waals surface area (Å²) < 4.78 is 63.2. The number of aromatic nitrogens is 1. The molecule has 0 fully saturated rings. The average Bonchev–Trinajstić information content (AvgIpc) is 3.46. The molecule has 0 bridgehead atoms. The highest BCUT2D eigenvalue weighted by atomic mass is 19.4. The van der Waals surface area contributed by atoms with E-state index in [2.05, 4.69) is 4.98 Å². The van der Waals surface area contributed by atoms with E-state index in [1.54, 1.807) is 18.2 Å². The van der Waals surface area contributed by atoms with E-state index in [0.717, 1.165) is 22.8 Å². The Hall–Kier alpha value is -3.75. The molecular formula is C27H24F3NO5. The molecule has 188 valence electrons. The highest BCUT2D eigenvalue weighted by molar-refractivity contribution is 5.71. The molecule has 0 amide bonds. The molecule has 1 aliphatic carbocycles. The van der Waals surface area contributed by atoms with Crippen LogP contribution in [0.5, 0.6) is 17.4 Å². The smallest absolute Gasteiger partial charge is 0.418 e. The Balaban J connectivity index is 1.43. The number of alkyl halides is 3. The Morgan fingerprint density at radius 3 is 2.69 bits per heavy atom. The van der Waals surface area contributed by atoms with Crippen LogP contribution in [0.2, 0.25) is 0 Å². The van der Waals surface area contributed by atoms with Crippen molar-refractivity contribution in [3.63, 3.8) is 0 Å². The van der Waals surface area contributed by atoms with Crippen molar-refractivity contribution >= 4 is 5.97 Å². The molecular weight excluding hydrogens is 475 g/mol. The normalized spacial score (nSPS) is 18.2. The van der Waals surface area contributed by atoms with E-state index >= 15 is 0 Å². The Morgan fingerprint density at radius 2 is 1.94 bits per heavy atom. The first-order valence-corrected chi connectivity index (χ1v) is 11.5. The molecule has 1 unspecified atom stereocenters. The van der Waals surface area contributed by atoms with Gasteiger partial charge in [-0.1, -0.05) is 24.3 Å². The quantitative estimate of drug-likeness (QED) is 0.395. The number of ether oxygens (including phenoxy) is 4.